The number of allylic oxidation sites excluding steroid dienone is 4. The molecule has 0 heteroatoms. The fourth-order valence-electron chi connectivity index (χ4n) is 1.29. The molecule has 112 valence electrons. The minimum Gasteiger partial charge on any atom is -0.100 e. The SMILES string of the molecule is C=C(/C=C\C)c1cccc(CC)c1.C=C(C)CC.CC. The van der Waals surface area contributed by atoms with E-state index in [9.17, 15) is 0 Å². The second kappa shape index (κ2) is 13.9. The molecule has 1 aromatic rings. The Balaban J connectivity index is 0. The van der Waals surface area contributed by atoms with Crippen LogP contribution < -0.4 is 0 Å². The smallest absolute Gasteiger partial charge is 0.0187 e. The third-order valence-corrected chi connectivity index (χ3v) is 2.68. The number of rotatable bonds is 4. The van der Waals surface area contributed by atoms with Crippen LogP contribution in [0.1, 0.15) is 59.1 Å². The van der Waals surface area contributed by atoms with Crippen molar-refractivity contribution in [2.24, 2.45) is 0 Å². The molecule has 0 saturated carbocycles. The van der Waals surface area contributed by atoms with Crippen LogP contribution in [0.5, 0.6) is 0 Å². The van der Waals surface area contributed by atoms with E-state index in [2.05, 4.69) is 51.3 Å². The summed E-state index contributed by atoms with van der Waals surface area (Å²) in [7, 11) is 0. The second-order valence-corrected chi connectivity index (χ2v) is 4.39. The number of hydrogen-bond acceptors (Lipinski definition) is 0. The van der Waals surface area contributed by atoms with E-state index in [0.717, 1.165) is 18.4 Å². The van der Waals surface area contributed by atoms with Crippen LogP contribution in [-0.2, 0) is 6.42 Å². The Kier molecular flexibility index (Phi) is 14.4. The third-order valence-electron chi connectivity index (χ3n) is 2.68. The van der Waals surface area contributed by atoms with Gasteiger partial charge in [-0.1, -0.05) is 76.3 Å². The van der Waals surface area contributed by atoms with Gasteiger partial charge >= 0.3 is 0 Å². The van der Waals surface area contributed by atoms with Gasteiger partial charge in [0.15, 0.2) is 0 Å². The van der Waals surface area contributed by atoms with Gasteiger partial charge in [0, 0.05) is 0 Å². The number of benzene rings is 1. The highest BCUT2D eigenvalue weighted by atomic mass is 14.0. The van der Waals surface area contributed by atoms with Crippen molar-refractivity contribution in [1.82, 2.24) is 0 Å². The van der Waals surface area contributed by atoms with Gasteiger partial charge in [0.25, 0.3) is 0 Å². The van der Waals surface area contributed by atoms with Gasteiger partial charge in [0.2, 0.25) is 0 Å². The maximum atomic E-state index is 4.00. The summed E-state index contributed by atoms with van der Waals surface area (Å²) in [6.45, 7) is 20.0. The van der Waals surface area contributed by atoms with Crippen LogP contribution in [0.2, 0.25) is 0 Å². The first kappa shape index (κ1) is 20.8. The summed E-state index contributed by atoms with van der Waals surface area (Å²) < 4.78 is 0. The molecule has 1 aromatic carbocycles. The minimum atomic E-state index is 1.08. The Bertz CT molecular complexity index is 408. The van der Waals surface area contributed by atoms with Crippen molar-refractivity contribution >= 4 is 5.57 Å². The van der Waals surface area contributed by atoms with Crippen LogP contribution in [0.15, 0.2) is 55.1 Å². The molecule has 0 amide bonds. The Hall–Kier alpha value is -1.56. The normalized spacial score (nSPS) is 9.10. The summed E-state index contributed by atoms with van der Waals surface area (Å²) in [6, 6.07) is 8.53. The zero-order valence-electron chi connectivity index (χ0n) is 14.3. The molecule has 0 radical (unpaired) electrons. The van der Waals surface area contributed by atoms with E-state index in [0.29, 0.717) is 0 Å². The molecule has 0 atom stereocenters. The van der Waals surface area contributed by atoms with Gasteiger partial charge in [-0.05, 0) is 43.4 Å². The first-order chi connectivity index (χ1) is 9.54. The van der Waals surface area contributed by atoms with Crippen molar-refractivity contribution in [2.45, 2.75) is 54.4 Å². The molecule has 0 aliphatic heterocycles. The monoisotopic (exact) mass is 272 g/mol. The summed E-state index contributed by atoms with van der Waals surface area (Å²) in [5.74, 6) is 0. The first-order valence-corrected chi connectivity index (χ1v) is 7.60. The predicted octanol–water partition coefficient (Wildman–Crippen LogP) is 6.84. The van der Waals surface area contributed by atoms with E-state index in [1.165, 1.54) is 16.7 Å². The molecule has 0 bridgehead atoms. The van der Waals surface area contributed by atoms with Gasteiger partial charge in [-0.3, -0.25) is 0 Å². The number of aryl methyl sites for hydroxylation is 1. The summed E-state index contributed by atoms with van der Waals surface area (Å²) in [6.07, 6.45) is 6.24. The highest BCUT2D eigenvalue weighted by Crippen LogP contribution is 2.15. The molecule has 0 aliphatic rings. The lowest BCUT2D eigenvalue weighted by Gasteiger charge is -2.02. The molecular weight excluding hydrogens is 240 g/mol. The van der Waals surface area contributed by atoms with Gasteiger partial charge < -0.3 is 0 Å². The van der Waals surface area contributed by atoms with Crippen LogP contribution in [0.4, 0.5) is 0 Å². The Morgan fingerprint density at radius 3 is 2.10 bits per heavy atom. The maximum Gasteiger partial charge on any atom is -0.0187 e. The zero-order valence-corrected chi connectivity index (χ0v) is 14.3. The van der Waals surface area contributed by atoms with Crippen LogP contribution >= 0.6 is 0 Å². The molecule has 0 fully saturated rings. The van der Waals surface area contributed by atoms with Crippen molar-refractivity contribution < 1.29 is 0 Å². The lowest BCUT2D eigenvalue weighted by Crippen LogP contribution is -1.83. The highest BCUT2D eigenvalue weighted by molar-refractivity contribution is 5.72. The van der Waals surface area contributed by atoms with Gasteiger partial charge in [-0.15, -0.1) is 6.58 Å². The fourth-order valence-corrected chi connectivity index (χ4v) is 1.29. The van der Waals surface area contributed by atoms with Gasteiger partial charge in [0.05, 0.1) is 0 Å². The molecule has 0 saturated heterocycles. The minimum absolute atomic E-state index is 1.08. The largest absolute Gasteiger partial charge is 0.100 e. The predicted molar refractivity (Wildman–Crippen MR) is 96.1 cm³/mol. The van der Waals surface area contributed by atoms with Gasteiger partial charge in [0.1, 0.15) is 0 Å². The maximum absolute atomic E-state index is 4.00. The molecule has 0 unspecified atom stereocenters. The Morgan fingerprint density at radius 1 is 1.15 bits per heavy atom. The first-order valence-electron chi connectivity index (χ1n) is 7.60. The molecule has 20 heavy (non-hydrogen) atoms. The summed E-state index contributed by atoms with van der Waals surface area (Å²) in [5.41, 5.74) is 4.92. The lowest BCUT2D eigenvalue weighted by atomic mass is 10.0. The number of hydrogen-bond donors (Lipinski definition) is 0. The standard InChI is InChI=1S/C13H16.C5H10.C2H6/c1-4-7-11(3)13-9-6-8-12(5-2)10-13;1-4-5(2)3;1-2/h4,6-10H,3,5H2,1-2H3;2,4H2,1,3H3;1-2H3/b7-4-;;. The summed E-state index contributed by atoms with van der Waals surface area (Å²) in [5, 5.41) is 0. The Labute approximate surface area is 126 Å². The van der Waals surface area contributed by atoms with E-state index in [1.807, 2.05) is 39.8 Å². The average molecular weight is 272 g/mol. The van der Waals surface area contributed by atoms with Crippen LogP contribution in [0, 0.1) is 0 Å². The Morgan fingerprint density at radius 2 is 1.70 bits per heavy atom. The van der Waals surface area contributed by atoms with E-state index in [4.69, 9.17) is 0 Å². The molecule has 0 spiro atoms. The lowest BCUT2D eigenvalue weighted by molar-refractivity contribution is 1.11. The van der Waals surface area contributed by atoms with Crippen molar-refractivity contribution in [3.63, 3.8) is 0 Å². The molecule has 0 aliphatic carbocycles. The van der Waals surface area contributed by atoms with Crippen molar-refractivity contribution in [3.8, 4) is 0 Å². The highest BCUT2D eigenvalue weighted by Gasteiger charge is 1.95. The van der Waals surface area contributed by atoms with Crippen LogP contribution in [-0.4, -0.2) is 0 Å². The summed E-state index contributed by atoms with van der Waals surface area (Å²) in [4.78, 5) is 0. The molecule has 1 rings (SSSR count). The molecular formula is C20H32. The molecule has 0 aromatic heterocycles. The quantitative estimate of drug-likeness (QED) is 0.416. The van der Waals surface area contributed by atoms with E-state index in [1.54, 1.807) is 0 Å². The van der Waals surface area contributed by atoms with Crippen molar-refractivity contribution in [1.29, 1.82) is 0 Å². The van der Waals surface area contributed by atoms with Gasteiger partial charge in [-0.25, -0.2) is 0 Å². The molecule has 0 N–H and O–H groups in total. The van der Waals surface area contributed by atoms with Crippen LogP contribution in [0.25, 0.3) is 5.57 Å². The average Bonchev–Trinajstić information content (AvgIpc) is 2.50. The zero-order chi connectivity index (χ0) is 16.0. The summed E-state index contributed by atoms with van der Waals surface area (Å²) >= 11 is 0. The van der Waals surface area contributed by atoms with E-state index in [-0.39, 0.29) is 0 Å². The fraction of sp³-hybridized carbons (Fsp3) is 0.400. The van der Waals surface area contributed by atoms with Crippen molar-refractivity contribution in [3.05, 3.63) is 66.3 Å². The van der Waals surface area contributed by atoms with Crippen LogP contribution in [0.3, 0.4) is 0 Å². The molecule has 0 heterocycles. The second-order valence-electron chi connectivity index (χ2n) is 4.39. The van der Waals surface area contributed by atoms with Crippen molar-refractivity contribution in [2.75, 3.05) is 0 Å². The molecule has 0 nitrogen and oxygen atoms in total. The topological polar surface area (TPSA) is 0 Å². The van der Waals surface area contributed by atoms with Gasteiger partial charge in [-0.2, -0.15) is 0 Å². The van der Waals surface area contributed by atoms with E-state index >= 15 is 0 Å². The third kappa shape index (κ3) is 10.4. The van der Waals surface area contributed by atoms with E-state index < -0.39 is 0 Å².